The molecule has 0 unspecified atom stereocenters. The molecular formula is C19H25F3IN5OS. The van der Waals surface area contributed by atoms with Gasteiger partial charge in [0.1, 0.15) is 0 Å². The zero-order chi connectivity index (χ0) is 20.7. The average Bonchev–Trinajstić information content (AvgIpc) is 3.39. The first kappa shape index (κ1) is 24.6. The summed E-state index contributed by atoms with van der Waals surface area (Å²) in [5.41, 5.74) is 0.133. The largest absolute Gasteiger partial charge is 0.477 e. The molecule has 0 bridgehead atoms. The first-order valence-corrected chi connectivity index (χ1v) is 10.4. The molecular weight excluding hydrogens is 530 g/mol. The predicted molar refractivity (Wildman–Crippen MR) is 122 cm³/mol. The lowest BCUT2D eigenvalue weighted by molar-refractivity contribution is -0.140. The Bertz CT molecular complexity index is 826. The molecule has 0 aliphatic heterocycles. The summed E-state index contributed by atoms with van der Waals surface area (Å²) in [5.74, 6) is 1.86. The minimum atomic E-state index is -4.40. The second-order valence-corrected chi connectivity index (χ2v) is 7.70. The average molecular weight is 555 g/mol. The second-order valence-electron chi connectivity index (χ2n) is 6.75. The Hall–Kier alpha value is -1.63. The van der Waals surface area contributed by atoms with Crippen molar-refractivity contribution in [1.82, 2.24) is 20.6 Å². The monoisotopic (exact) mass is 555 g/mol. The summed E-state index contributed by atoms with van der Waals surface area (Å²) in [6, 6.07) is 3.76. The van der Waals surface area contributed by atoms with Crippen LogP contribution in [0.2, 0.25) is 0 Å². The topological polar surface area (TPSA) is 71.4 Å². The van der Waals surface area contributed by atoms with Crippen molar-refractivity contribution in [1.29, 1.82) is 0 Å². The maximum atomic E-state index is 12.6. The van der Waals surface area contributed by atoms with Crippen molar-refractivity contribution in [2.45, 2.75) is 38.9 Å². The molecule has 2 N–H and O–H groups in total. The fourth-order valence-corrected chi connectivity index (χ4v) is 3.28. The molecule has 3 rings (SSSR count). The van der Waals surface area contributed by atoms with Crippen LogP contribution in [0.3, 0.4) is 0 Å². The van der Waals surface area contributed by atoms with Crippen LogP contribution in [0.4, 0.5) is 13.2 Å². The number of aromatic nitrogens is 2. The molecule has 166 valence electrons. The molecule has 11 heteroatoms. The molecule has 30 heavy (non-hydrogen) atoms. The van der Waals surface area contributed by atoms with E-state index in [1.807, 2.05) is 19.1 Å². The van der Waals surface area contributed by atoms with Crippen molar-refractivity contribution < 1.29 is 17.9 Å². The Morgan fingerprint density at radius 1 is 1.33 bits per heavy atom. The molecule has 2 aromatic rings. The van der Waals surface area contributed by atoms with Crippen LogP contribution in [0, 0.1) is 5.92 Å². The zero-order valence-electron chi connectivity index (χ0n) is 16.5. The summed E-state index contributed by atoms with van der Waals surface area (Å²) < 4.78 is 43.5. The molecule has 0 amide bonds. The Kier molecular flexibility index (Phi) is 9.59. The van der Waals surface area contributed by atoms with E-state index in [0.29, 0.717) is 55.4 Å². The van der Waals surface area contributed by atoms with Crippen LogP contribution in [-0.4, -0.2) is 35.6 Å². The van der Waals surface area contributed by atoms with Crippen molar-refractivity contribution >= 4 is 41.3 Å². The fourth-order valence-electron chi connectivity index (χ4n) is 2.47. The van der Waals surface area contributed by atoms with Crippen molar-refractivity contribution in [3.8, 4) is 5.88 Å². The van der Waals surface area contributed by atoms with E-state index in [0.717, 1.165) is 22.3 Å². The third-order valence-corrected chi connectivity index (χ3v) is 5.11. The molecule has 0 radical (unpaired) electrons. The highest BCUT2D eigenvalue weighted by atomic mass is 127. The quantitative estimate of drug-likeness (QED) is 0.275. The lowest BCUT2D eigenvalue weighted by Crippen LogP contribution is -2.38. The smallest absolute Gasteiger partial charge is 0.434 e. The number of thiazole rings is 1. The van der Waals surface area contributed by atoms with E-state index >= 15 is 0 Å². The number of nitrogens with one attached hydrogen (secondary N) is 2. The summed E-state index contributed by atoms with van der Waals surface area (Å²) in [6.07, 6.45) is 0.137. The standard InChI is InChI=1S/C19H24F3N5OS.HI/c1-2-23-18(25-8-6-17-27-15(12-29-17)19(20,21)22)26-10-14-5-7-24-16(9-14)28-11-13-3-4-13;/h5,7,9,12-13H,2-4,6,8,10-11H2,1H3,(H2,23,25,26);1H. The van der Waals surface area contributed by atoms with Gasteiger partial charge in [-0.25, -0.2) is 15.0 Å². The second kappa shape index (κ2) is 11.7. The lowest BCUT2D eigenvalue weighted by atomic mass is 10.3. The number of nitrogens with zero attached hydrogens (tertiary/aromatic N) is 3. The number of alkyl halides is 3. The van der Waals surface area contributed by atoms with Gasteiger partial charge in [-0.05, 0) is 37.3 Å². The van der Waals surface area contributed by atoms with Gasteiger partial charge in [0.15, 0.2) is 11.7 Å². The number of guanidine groups is 1. The molecule has 0 atom stereocenters. The van der Waals surface area contributed by atoms with Gasteiger partial charge in [-0.1, -0.05) is 0 Å². The van der Waals surface area contributed by atoms with Crippen LogP contribution in [0.15, 0.2) is 28.7 Å². The number of hydrogen-bond acceptors (Lipinski definition) is 5. The molecule has 1 saturated carbocycles. The third kappa shape index (κ3) is 8.25. The van der Waals surface area contributed by atoms with Crippen LogP contribution in [0.5, 0.6) is 5.88 Å². The molecule has 1 aliphatic carbocycles. The SMILES string of the molecule is CCNC(=NCc1ccnc(OCC2CC2)c1)NCCc1nc(C(F)(F)F)cs1.I. The summed E-state index contributed by atoms with van der Waals surface area (Å²) in [7, 11) is 0. The van der Waals surface area contributed by atoms with Gasteiger partial charge in [-0.2, -0.15) is 13.2 Å². The van der Waals surface area contributed by atoms with Gasteiger partial charge in [0.05, 0.1) is 18.2 Å². The van der Waals surface area contributed by atoms with Gasteiger partial charge in [0.25, 0.3) is 0 Å². The predicted octanol–water partition coefficient (Wildman–Crippen LogP) is 4.26. The number of ether oxygens (including phenoxy) is 1. The molecule has 6 nitrogen and oxygen atoms in total. The van der Waals surface area contributed by atoms with Gasteiger partial charge in [0, 0.05) is 37.2 Å². The Labute approximate surface area is 194 Å². The van der Waals surface area contributed by atoms with Crippen LogP contribution in [0.1, 0.15) is 36.0 Å². The van der Waals surface area contributed by atoms with Crippen LogP contribution in [0.25, 0.3) is 0 Å². The van der Waals surface area contributed by atoms with E-state index in [4.69, 9.17) is 4.74 Å². The first-order chi connectivity index (χ1) is 13.9. The molecule has 2 aromatic heterocycles. The highest BCUT2D eigenvalue weighted by Crippen LogP contribution is 2.30. The van der Waals surface area contributed by atoms with Gasteiger partial charge in [0.2, 0.25) is 5.88 Å². The van der Waals surface area contributed by atoms with E-state index < -0.39 is 11.9 Å². The molecule has 0 aromatic carbocycles. The van der Waals surface area contributed by atoms with Crippen molar-refractivity contribution in [2.75, 3.05) is 19.7 Å². The summed E-state index contributed by atoms with van der Waals surface area (Å²) in [4.78, 5) is 12.4. The molecule has 1 aliphatic rings. The highest BCUT2D eigenvalue weighted by Gasteiger charge is 2.33. The van der Waals surface area contributed by atoms with E-state index in [9.17, 15) is 13.2 Å². The normalized spacial score (nSPS) is 14.2. The lowest BCUT2D eigenvalue weighted by Gasteiger charge is -2.11. The summed E-state index contributed by atoms with van der Waals surface area (Å²) in [6.45, 7) is 4.20. The van der Waals surface area contributed by atoms with E-state index in [-0.39, 0.29) is 24.0 Å². The van der Waals surface area contributed by atoms with E-state index in [1.165, 1.54) is 12.8 Å². The maximum Gasteiger partial charge on any atom is 0.434 e. The number of hydrogen-bond donors (Lipinski definition) is 2. The molecule has 2 heterocycles. The number of rotatable bonds is 9. The number of halogens is 4. The Balaban J connectivity index is 0.00000320. The molecule has 1 fully saturated rings. The van der Waals surface area contributed by atoms with E-state index in [2.05, 4.69) is 25.6 Å². The van der Waals surface area contributed by atoms with Gasteiger partial charge < -0.3 is 15.4 Å². The molecule has 0 saturated heterocycles. The summed E-state index contributed by atoms with van der Waals surface area (Å²) >= 11 is 1.01. The zero-order valence-corrected chi connectivity index (χ0v) is 19.7. The van der Waals surface area contributed by atoms with Gasteiger partial charge in [-0.15, -0.1) is 35.3 Å². The first-order valence-electron chi connectivity index (χ1n) is 9.55. The number of aliphatic imine (C=N–C) groups is 1. The third-order valence-electron chi connectivity index (χ3n) is 4.20. The summed E-state index contributed by atoms with van der Waals surface area (Å²) in [5, 5.41) is 7.73. The van der Waals surface area contributed by atoms with Crippen molar-refractivity contribution in [3.05, 3.63) is 40.0 Å². The van der Waals surface area contributed by atoms with Crippen LogP contribution < -0.4 is 15.4 Å². The fraction of sp³-hybridized carbons (Fsp3) is 0.526. The maximum absolute atomic E-state index is 12.6. The Morgan fingerprint density at radius 3 is 2.80 bits per heavy atom. The van der Waals surface area contributed by atoms with Gasteiger partial charge in [-0.3, -0.25) is 0 Å². The van der Waals surface area contributed by atoms with E-state index in [1.54, 1.807) is 6.20 Å². The van der Waals surface area contributed by atoms with Crippen molar-refractivity contribution in [3.63, 3.8) is 0 Å². The Morgan fingerprint density at radius 2 is 2.13 bits per heavy atom. The highest BCUT2D eigenvalue weighted by molar-refractivity contribution is 14.0. The molecule has 0 spiro atoms. The van der Waals surface area contributed by atoms with Crippen molar-refractivity contribution in [2.24, 2.45) is 10.9 Å². The van der Waals surface area contributed by atoms with Crippen LogP contribution >= 0.6 is 35.3 Å². The minimum Gasteiger partial charge on any atom is -0.477 e. The van der Waals surface area contributed by atoms with Crippen LogP contribution in [-0.2, 0) is 19.1 Å². The minimum absolute atomic E-state index is 0. The number of pyridine rings is 1. The van der Waals surface area contributed by atoms with Gasteiger partial charge >= 0.3 is 6.18 Å².